The van der Waals surface area contributed by atoms with E-state index in [1.165, 1.54) is 25.7 Å². The Bertz CT molecular complexity index is 457. The molecule has 1 saturated heterocycles. The molecule has 134 valence electrons. The van der Waals surface area contributed by atoms with Gasteiger partial charge >= 0.3 is 0 Å². The molecule has 2 saturated carbocycles. The Balaban J connectivity index is 1.51. The molecule has 24 heavy (non-hydrogen) atoms. The van der Waals surface area contributed by atoms with Gasteiger partial charge in [-0.2, -0.15) is 0 Å². The fourth-order valence-corrected chi connectivity index (χ4v) is 4.61. The standard InChI is InChI=1S/C21H33NO2/c1-3-15-7-18(19(8-15)11-22)6-5-16-9-17(4-2)20(10-16)12-24-21-13-23-14-21/h3-6,15-21H,1-2,7-14,22H2. The minimum atomic E-state index is 0.324. The van der Waals surface area contributed by atoms with Crippen molar-refractivity contribution in [2.75, 3.05) is 26.4 Å². The lowest BCUT2D eigenvalue weighted by Gasteiger charge is -2.28. The molecule has 3 fully saturated rings. The predicted molar refractivity (Wildman–Crippen MR) is 98.6 cm³/mol. The maximum absolute atomic E-state index is 5.97. The quantitative estimate of drug-likeness (QED) is 0.692. The Morgan fingerprint density at radius 2 is 1.67 bits per heavy atom. The van der Waals surface area contributed by atoms with Gasteiger partial charge in [0.15, 0.2) is 0 Å². The van der Waals surface area contributed by atoms with Crippen LogP contribution in [-0.4, -0.2) is 32.5 Å². The van der Waals surface area contributed by atoms with Gasteiger partial charge < -0.3 is 15.2 Å². The van der Waals surface area contributed by atoms with E-state index in [2.05, 4.69) is 37.5 Å². The summed E-state index contributed by atoms with van der Waals surface area (Å²) in [5.41, 5.74) is 5.97. The zero-order chi connectivity index (χ0) is 16.9. The van der Waals surface area contributed by atoms with E-state index in [0.29, 0.717) is 41.6 Å². The summed E-state index contributed by atoms with van der Waals surface area (Å²) >= 11 is 0. The van der Waals surface area contributed by atoms with Crippen molar-refractivity contribution in [1.29, 1.82) is 0 Å². The average molecular weight is 332 g/mol. The molecule has 3 nitrogen and oxygen atoms in total. The third-order valence-electron chi connectivity index (χ3n) is 6.29. The lowest BCUT2D eigenvalue weighted by molar-refractivity contribution is -0.137. The molecule has 0 aromatic heterocycles. The second-order valence-corrected chi connectivity index (χ2v) is 7.90. The van der Waals surface area contributed by atoms with Crippen molar-refractivity contribution in [2.24, 2.45) is 41.2 Å². The molecule has 1 heterocycles. The Morgan fingerprint density at radius 1 is 0.917 bits per heavy atom. The van der Waals surface area contributed by atoms with Crippen molar-refractivity contribution in [2.45, 2.75) is 31.8 Å². The summed E-state index contributed by atoms with van der Waals surface area (Å²) in [4.78, 5) is 0. The van der Waals surface area contributed by atoms with Gasteiger partial charge in [0, 0.05) is 0 Å². The molecule has 2 aliphatic carbocycles. The first-order valence-electron chi connectivity index (χ1n) is 9.56. The molecule has 0 spiro atoms. The van der Waals surface area contributed by atoms with Gasteiger partial charge in [0.25, 0.3) is 0 Å². The summed E-state index contributed by atoms with van der Waals surface area (Å²) in [5.74, 6) is 3.73. The first kappa shape index (κ1) is 17.9. The third kappa shape index (κ3) is 4.19. The van der Waals surface area contributed by atoms with Crippen LogP contribution in [0.3, 0.4) is 0 Å². The van der Waals surface area contributed by atoms with Crippen molar-refractivity contribution in [3.63, 3.8) is 0 Å². The van der Waals surface area contributed by atoms with E-state index in [0.717, 1.165) is 26.4 Å². The number of nitrogens with two attached hydrogens (primary N) is 1. The Kier molecular flexibility index (Phi) is 6.31. The van der Waals surface area contributed by atoms with Gasteiger partial charge in [-0.1, -0.05) is 24.3 Å². The van der Waals surface area contributed by atoms with E-state index in [-0.39, 0.29) is 0 Å². The van der Waals surface area contributed by atoms with E-state index in [1.54, 1.807) is 0 Å². The highest BCUT2D eigenvalue weighted by molar-refractivity contribution is 5.06. The minimum Gasteiger partial charge on any atom is -0.376 e. The Hall–Kier alpha value is -0.900. The number of hydrogen-bond donors (Lipinski definition) is 1. The van der Waals surface area contributed by atoms with Gasteiger partial charge in [0.05, 0.1) is 19.8 Å². The van der Waals surface area contributed by atoms with Crippen LogP contribution in [-0.2, 0) is 9.47 Å². The smallest absolute Gasteiger partial charge is 0.104 e. The van der Waals surface area contributed by atoms with E-state index < -0.39 is 0 Å². The Labute approximate surface area is 147 Å². The minimum absolute atomic E-state index is 0.324. The van der Waals surface area contributed by atoms with Crippen LogP contribution in [0.4, 0.5) is 0 Å². The summed E-state index contributed by atoms with van der Waals surface area (Å²) in [6.45, 7) is 11.2. The average Bonchev–Trinajstić information content (AvgIpc) is 3.14. The molecule has 6 unspecified atom stereocenters. The van der Waals surface area contributed by atoms with Gasteiger partial charge in [-0.25, -0.2) is 0 Å². The van der Waals surface area contributed by atoms with Crippen LogP contribution in [0.1, 0.15) is 25.7 Å². The van der Waals surface area contributed by atoms with E-state index in [9.17, 15) is 0 Å². The van der Waals surface area contributed by atoms with Crippen LogP contribution in [0.5, 0.6) is 0 Å². The summed E-state index contributed by atoms with van der Waals surface area (Å²) in [6.07, 6.45) is 14.3. The molecule has 0 amide bonds. The normalized spacial score (nSPS) is 40.0. The lowest BCUT2D eigenvalue weighted by Crippen LogP contribution is -2.37. The van der Waals surface area contributed by atoms with Crippen molar-refractivity contribution >= 4 is 0 Å². The molecule has 2 N–H and O–H groups in total. The molecule has 6 atom stereocenters. The first-order valence-corrected chi connectivity index (χ1v) is 9.56. The largest absolute Gasteiger partial charge is 0.376 e. The molecule has 0 aromatic carbocycles. The van der Waals surface area contributed by atoms with Gasteiger partial charge in [-0.3, -0.25) is 0 Å². The van der Waals surface area contributed by atoms with Crippen LogP contribution >= 0.6 is 0 Å². The molecule has 3 aliphatic rings. The van der Waals surface area contributed by atoms with Gasteiger partial charge in [-0.05, 0) is 67.7 Å². The van der Waals surface area contributed by atoms with Crippen molar-refractivity contribution < 1.29 is 9.47 Å². The number of rotatable bonds is 8. The molecule has 0 bridgehead atoms. The summed E-state index contributed by atoms with van der Waals surface area (Å²) in [5, 5.41) is 0. The summed E-state index contributed by atoms with van der Waals surface area (Å²) in [6, 6.07) is 0. The van der Waals surface area contributed by atoms with Crippen molar-refractivity contribution in [1.82, 2.24) is 0 Å². The van der Waals surface area contributed by atoms with Crippen LogP contribution < -0.4 is 5.73 Å². The monoisotopic (exact) mass is 331 g/mol. The highest BCUT2D eigenvalue weighted by Crippen LogP contribution is 2.41. The zero-order valence-corrected chi connectivity index (χ0v) is 14.8. The molecule has 3 rings (SSSR count). The van der Waals surface area contributed by atoms with Gasteiger partial charge in [0.1, 0.15) is 6.10 Å². The SMILES string of the molecule is C=CC1CC(C=CC2CC(C=C)C(COC3COC3)C2)C(CN)C1. The molecular weight excluding hydrogens is 298 g/mol. The summed E-state index contributed by atoms with van der Waals surface area (Å²) < 4.78 is 11.1. The van der Waals surface area contributed by atoms with E-state index in [4.69, 9.17) is 15.2 Å². The molecular formula is C21H33NO2. The van der Waals surface area contributed by atoms with Crippen molar-refractivity contribution in [3.05, 3.63) is 37.5 Å². The maximum Gasteiger partial charge on any atom is 0.104 e. The molecule has 3 heteroatoms. The van der Waals surface area contributed by atoms with Gasteiger partial charge in [-0.15, -0.1) is 13.2 Å². The molecule has 0 aromatic rings. The zero-order valence-electron chi connectivity index (χ0n) is 14.8. The first-order chi connectivity index (χ1) is 11.7. The fraction of sp³-hybridized carbons (Fsp3) is 0.714. The van der Waals surface area contributed by atoms with Crippen LogP contribution in [0, 0.1) is 35.5 Å². The van der Waals surface area contributed by atoms with Crippen LogP contribution in [0.15, 0.2) is 37.5 Å². The number of hydrogen-bond acceptors (Lipinski definition) is 3. The van der Waals surface area contributed by atoms with Crippen LogP contribution in [0.2, 0.25) is 0 Å². The highest BCUT2D eigenvalue weighted by atomic mass is 16.6. The van der Waals surface area contributed by atoms with E-state index >= 15 is 0 Å². The van der Waals surface area contributed by atoms with E-state index in [1.807, 2.05) is 0 Å². The second kappa shape index (κ2) is 8.46. The third-order valence-corrected chi connectivity index (χ3v) is 6.29. The maximum atomic E-state index is 5.97. The molecule has 0 radical (unpaired) electrons. The topological polar surface area (TPSA) is 44.5 Å². The fourth-order valence-electron chi connectivity index (χ4n) is 4.61. The summed E-state index contributed by atoms with van der Waals surface area (Å²) in [7, 11) is 0. The predicted octanol–water partition coefficient (Wildman–Crippen LogP) is 3.57. The van der Waals surface area contributed by atoms with Crippen LogP contribution in [0.25, 0.3) is 0 Å². The highest BCUT2D eigenvalue weighted by Gasteiger charge is 2.34. The number of ether oxygens (including phenoxy) is 2. The second-order valence-electron chi connectivity index (χ2n) is 7.90. The molecule has 1 aliphatic heterocycles. The number of allylic oxidation sites excluding steroid dienone is 4. The van der Waals surface area contributed by atoms with Crippen molar-refractivity contribution in [3.8, 4) is 0 Å². The Morgan fingerprint density at radius 3 is 2.29 bits per heavy atom. The lowest BCUT2D eigenvalue weighted by atomic mass is 9.93. The van der Waals surface area contributed by atoms with Gasteiger partial charge in [0.2, 0.25) is 0 Å².